The van der Waals surface area contributed by atoms with Gasteiger partial charge in [0.15, 0.2) is 23.2 Å². The molecule has 1 aliphatic rings. The Balaban J connectivity index is 1.59. The lowest BCUT2D eigenvalue weighted by atomic mass is 10.1. The van der Waals surface area contributed by atoms with Crippen LogP contribution < -0.4 is 14.8 Å². The molecule has 2 aromatic carbocycles. The number of benzene rings is 2. The van der Waals surface area contributed by atoms with Crippen molar-refractivity contribution < 1.29 is 24.2 Å². The third-order valence-electron chi connectivity index (χ3n) is 4.54. The highest BCUT2D eigenvalue weighted by Crippen LogP contribution is 2.32. The van der Waals surface area contributed by atoms with Gasteiger partial charge < -0.3 is 19.9 Å². The zero-order valence-corrected chi connectivity index (χ0v) is 15.5. The predicted octanol–water partition coefficient (Wildman–Crippen LogP) is 1.90. The van der Waals surface area contributed by atoms with Crippen LogP contribution in [-0.2, 0) is 4.79 Å². The topological polar surface area (TPSA) is 116 Å². The number of amides is 1. The number of fused-ring (bicyclic) bond motifs is 1. The van der Waals surface area contributed by atoms with Crippen LogP contribution in [0.25, 0.3) is 5.69 Å². The van der Waals surface area contributed by atoms with Gasteiger partial charge in [-0.3, -0.25) is 4.79 Å². The molecule has 0 aliphatic carbocycles. The van der Waals surface area contributed by atoms with Gasteiger partial charge in [-0.15, -0.1) is 5.10 Å². The summed E-state index contributed by atoms with van der Waals surface area (Å²) in [4.78, 5) is 24.3. The molecule has 2 N–H and O–H groups in total. The van der Waals surface area contributed by atoms with Crippen molar-refractivity contribution in [1.29, 1.82) is 0 Å². The van der Waals surface area contributed by atoms with Gasteiger partial charge in [-0.2, -0.15) is 0 Å². The van der Waals surface area contributed by atoms with Crippen molar-refractivity contribution in [3.8, 4) is 17.2 Å². The third-order valence-corrected chi connectivity index (χ3v) is 4.54. The Morgan fingerprint density at radius 2 is 1.83 bits per heavy atom. The van der Waals surface area contributed by atoms with E-state index < -0.39 is 17.9 Å². The molecule has 29 heavy (non-hydrogen) atoms. The van der Waals surface area contributed by atoms with Crippen LogP contribution in [0, 0.1) is 6.92 Å². The van der Waals surface area contributed by atoms with Crippen LogP contribution in [0.3, 0.4) is 0 Å². The maximum absolute atomic E-state index is 12.7. The summed E-state index contributed by atoms with van der Waals surface area (Å²) in [6.45, 7) is 2.63. The van der Waals surface area contributed by atoms with Crippen LogP contribution in [0.5, 0.6) is 11.5 Å². The average Bonchev–Trinajstić information content (AvgIpc) is 3.13. The lowest BCUT2D eigenvalue weighted by Gasteiger charge is -2.19. The first-order valence-electron chi connectivity index (χ1n) is 8.95. The fourth-order valence-electron chi connectivity index (χ4n) is 3.08. The quantitative estimate of drug-likeness (QED) is 0.679. The second-order valence-electron chi connectivity index (χ2n) is 6.42. The summed E-state index contributed by atoms with van der Waals surface area (Å²) in [6, 6.07) is 12.6. The Morgan fingerprint density at radius 3 is 2.55 bits per heavy atom. The van der Waals surface area contributed by atoms with E-state index in [4.69, 9.17) is 9.47 Å². The van der Waals surface area contributed by atoms with Crippen molar-refractivity contribution in [2.45, 2.75) is 13.0 Å². The Bertz CT molecular complexity index is 1060. The standard InChI is InChI=1S/C20H18N4O5/c1-12-17(19(25)21-18(20(26)27)13-5-3-2-4-6-13)22-23-24(12)14-7-8-15-16(11-14)29-10-9-28-15/h2-8,11,18H,9-10H2,1H3,(H,21,25)(H,26,27). The molecule has 0 saturated carbocycles. The van der Waals surface area contributed by atoms with E-state index in [2.05, 4.69) is 15.6 Å². The van der Waals surface area contributed by atoms with Gasteiger partial charge in [-0.1, -0.05) is 35.5 Å². The summed E-state index contributed by atoms with van der Waals surface area (Å²) in [6.07, 6.45) is 0. The number of aromatic nitrogens is 3. The zero-order valence-electron chi connectivity index (χ0n) is 15.5. The molecule has 1 unspecified atom stereocenters. The molecule has 0 bridgehead atoms. The highest BCUT2D eigenvalue weighted by Gasteiger charge is 2.26. The lowest BCUT2D eigenvalue weighted by molar-refractivity contribution is -0.139. The third kappa shape index (κ3) is 3.62. The van der Waals surface area contributed by atoms with Gasteiger partial charge in [0.2, 0.25) is 0 Å². The molecule has 1 amide bonds. The summed E-state index contributed by atoms with van der Waals surface area (Å²) in [5.74, 6) is -0.559. The molecule has 4 rings (SSSR count). The number of hydrogen-bond acceptors (Lipinski definition) is 6. The molecule has 0 fully saturated rings. The number of carboxylic acids is 1. The minimum absolute atomic E-state index is 0.0436. The second kappa shape index (κ2) is 7.63. The molecule has 1 aromatic heterocycles. The van der Waals surface area contributed by atoms with E-state index in [0.29, 0.717) is 41.7 Å². The molecule has 0 radical (unpaired) electrons. The van der Waals surface area contributed by atoms with E-state index in [1.54, 1.807) is 55.5 Å². The Labute approximate surface area is 165 Å². The zero-order chi connectivity index (χ0) is 20.4. The highest BCUT2D eigenvalue weighted by molar-refractivity contribution is 5.96. The summed E-state index contributed by atoms with van der Waals surface area (Å²) < 4.78 is 12.6. The summed E-state index contributed by atoms with van der Waals surface area (Å²) in [7, 11) is 0. The maximum atomic E-state index is 12.7. The molecular formula is C20H18N4O5. The van der Waals surface area contributed by atoms with E-state index >= 15 is 0 Å². The lowest BCUT2D eigenvalue weighted by Crippen LogP contribution is -2.34. The predicted molar refractivity (Wildman–Crippen MR) is 101 cm³/mol. The van der Waals surface area contributed by atoms with Crippen molar-refractivity contribution in [3.63, 3.8) is 0 Å². The van der Waals surface area contributed by atoms with Crippen LogP contribution in [0.2, 0.25) is 0 Å². The number of aliphatic carboxylic acids is 1. The van der Waals surface area contributed by atoms with Gasteiger partial charge in [-0.25, -0.2) is 9.48 Å². The SMILES string of the molecule is Cc1c(C(=O)NC(C(=O)O)c2ccccc2)nnn1-c1ccc2c(c1)OCCO2. The number of carboxylic acid groups (broad SMARTS) is 1. The number of nitrogens with one attached hydrogen (secondary N) is 1. The molecule has 0 saturated heterocycles. The molecule has 0 spiro atoms. The van der Waals surface area contributed by atoms with Crippen molar-refractivity contribution in [3.05, 3.63) is 65.5 Å². The van der Waals surface area contributed by atoms with Crippen molar-refractivity contribution in [1.82, 2.24) is 20.3 Å². The van der Waals surface area contributed by atoms with Crippen LogP contribution in [0.4, 0.5) is 0 Å². The van der Waals surface area contributed by atoms with E-state index in [0.717, 1.165) is 0 Å². The normalized spacial score (nSPS) is 13.6. The fourth-order valence-corrected chi connectivity index (χ4v) is 3.08. The van der Waals surface area contributed by atoms with E-state index in [9.17, 15) is 14.7 Å². The second-order valence-corrected chi connectivity index (χ2v) is 6.42. The Morgan fingerprint density at radius 1 is 1.10 bits per heavy atom. The smallest absolute Gasteiger partial charge is 0.330 e. The number of carbonyl (C=O) groups excluding carboxylic acids is 1. The van der Waals surface area contributed by atoms with Crippen LogP contribution in [-0.4, -0.2) is 45.2 Å². The molecule has 9 heteroatoms. The van der Waals surface area contributed by atoms with Crippen LogP contribution >= 0.6 is 0 Å². The van der Waals surface area contributed by atoms with Gasteiger partial charge >= 0.3 is 5.97 Å². The number of ether oxygens (including phenoxy) is 2. The first kappa shape index (κ1) is 18.5. The number of hydrogen-bond donors (Lipinski definition) is 2. The minimum atomic E-state index is -1.19. The van der Waals surface area contributed by atoms with Crippen LogP contribution in [0.1, 0.15) is 27.8 Å². The molecule has 1 aliphatic heterocycles. The maximum Gasteiger partial charge on any atom is 0.330 e. The van der Waals surface area contributed by atoms with E-state index in [-0.39, 0.29) is 5.69 Å². The molecule has 2 heterocycles. The summed E-state index contributed by atoms with van der Waals surface area (Å²) in [5, 5.41) is 20.0. The first-order chi connectivity index (χ1) is 14.0. The number of carbonyl (C=O) groups is 2. The highest BCUT2D eigenvalue weighted by atomic mass is 16.6. The largest absolute Gasteiger partial charge is 0.486 e. The molecule has 3 aromatic rings. The van der Waals surface area contributed by atoms with Gasteiger partial charge in [-0.05, 0) is 24.6 Å². The van der Waals surface area contributed by atoms with Crippen molar-refractivity contribution in [2.75, 3.05) is 13.2 Å². The Hall–Kier alpha value is -3.88. The van der Waals surface area contributed by atoms with E-state index in [1.165, 1.54) is 4.68 Å². The van der Waals surface area contributed by atoms with Gasteiger partial charge in [0.25, 0.3) is 5.91 Å². The van der Waals surface area contributed by atoms with E-state index in [1.807, 2.05) is 0 Å². The number of nitrogens with zero attached hydrogens (tertiary/aromatic N) is 3. The number of rotatable bonds is 5. The average molecular weight is 394 g/mol. The van der Waals surface area contributed by atoms with Gasteiger partial charge in [0.1, 0.15) is 13.2 Å². The molecule has 9 nitrogen and oxygen atoms in total. The van der Waals surface area contributed by atoms with Crippen LogP contribution in [0.15, 0.2) is 48.5 Å². The van der Waals surface area contributed by atoms with Crippen molar-refractivity contribution in [2.24, 2.45) is 0 Å². The monoisotopic (exact) mass is 394 g/mol. The van der Waals surface area contributed by atoms with Gasteiger partial charge in [0.05, 0.1) is 11.4 Å². The molecular weight excluding hydrogens is 376 g/mol. The summed E-state index contributed by atoms with van der Waals surface area (Å²) >= 11 is 0. The Kier molecular flexibility index (Phi) is 4.86. The summed E-state index contributed by atoms with van der Waals surface area (Å²) in [5.41, 5.74) is 1.62. The van der Waals surface area contributed by atoms with Crippen molar-refractivity contribution >= 4 is 11.9 Å². The molecule has 1 atom stereocenters. The fraction of sp³-hybridized carbons (Fsp3) is 0.200. The minimum Gasteiger partial charge on any atom is -0.486 e. The molecule has 148 valence electrons. The van der Waals surface area contributed by atoms with Gasteiger partial charge in [0, 0.05) is 6.07 Å². The first-order valence-corrected chi connectivity index (χ1v) is 8.95.